The van der Waals surface area contributed by atoms with E-state index in [1.807, 2.05) is 41.3 Å². The topological polar surface area (TPSA) is 32.3 Å². The van der Waals surface area contributed by atoms with Crippen molar-refractivity contribution >= 4 is 24.0 Å². The van der Waals surface area contributed by atoms with Gasteiger partial charge in [-0.1, -0.05) is 42.5 Å². The van der Waals surface area contributed by atoms with Crippen LogP contribution in [0, 0.1) is 6.92 Å². The molecule has 116 valence electrons. The molecule has 4 heteroatoms. The Morgan fingerprint density at radius 3 is 2.68 bits per heavy atom. The fraction of sp³-hybridized carbons (Fsp3) is 0.278. The molecule has 2 aromatic rings. The number of nitrogens with one attached hydrogen (secondary N) is 1. The summed E-state index contributed by atoms with van der Waals surface area (Å²) in [4.78, 5) is 14.7. The molecule has 0 saturated heterocycles. The summed E-state index contributed by atoms with van der Waals surface area (Å²) in [5.74, 6) is 0.167. The van der Waals surface area contributed by atoms with Gasteiger partial charge in [0.25, 0.3) is 0 Å². The minimum absolute atomic E-state index is 0. The average molecular weight is 317 g/mol. The van der Waals surface area contributed by atoms with E-state index in [0.29, 0.717) is 6.42 Å². The van der Waals surface area contributed by atoms with Gasteiger partial charge in [0.1, 0.15) is 0 Å². The molecule has 0 unspecified atom stereocenters. The lowest BCUT2D eigenvalue weighted by Gasteiger charge is -2.23. The molecule has 22 heavy (non-hydrogen) atoms. The molecule has 0 bridgehead atoms. The van der Waals surface area contributed by atoms with E-state index in [2.05, 4.69) is 24.4 Å². The number of hydrogen-bond donors (Lipinski definition) is 1. The Labute approximate surface area is 137 Å². The second-order valence-corrected chi connectivity index (χ2v) is 5.45. The van der Waals surface area contributed by atoms with Crippen LogP contribution in [0.4, 0.5) is 5.69 Å². The summed E-state index contributed by atoms with van der Waals surface area (Å²) in [7, 11) is 0. The van der Waals surface area contributed by atoms with E-state index in [0.717, 1.165) is 30.9 Å². The lowest BCUT2D eigenvalue weighted by atomic mass is 10.0. The maximum atomic E-state index is 12.7. The molecule has 3 nitrogen and oxygen atoms in total. The summed E-state index contributed by atoms with van der Waals surface area (Å²) >= 11 is 0. The smallest absolute Gasteiger partial charge is 0.231 e. The molecule has 1 aliphatic rings. The highest BCUT2D eigenvalue weighted by Gasteiger charge is 2.20. The van der Waals surface area contributed by atoms with E-state index in [1.54, 1.807) is 0 Å². The molecule has 0 saturated carbocycles. The number of fused-ring (bicyclic) bond motifs is 1. The van der Waals surface area contributed by atoms with Crippen LogP contribution in [0.3, 0.4) is 0 Å². The predicted molar refractivity (Wildman–Crippen MR) is 92.6 cm³/mol. The van der Waals surface area contributed by atoms with Crippen LogP contribution < -0.4 is 10.2 Å². The second-order valence-electron chi connectivity index (χ2n) is 5.45. The number of halogens is 1. The zero-order valence-electron chi connectivity index (χ0n) is 12.7. The Balaban J connectivity index is 0.00000176. The van der Waals surface area contributed by atoms with Crippen LogP contribution >= 0.6 is 12.4 Å². The number of rotatable bonds is 2. The SMILES string of the molecule is Cc1ccccc1CC(=O)N1CCNCc2ccccc21.Cl. The van der Waals surface area contributed by atoms with Crippen molar-refractivity contribution in [3.8, 4) is 0 Å². The lowest BCUT2D eigenvalue weighted by molar-refractivity contribution is -0.118. The zero-order chi connectivity index (χ0) is 14.7. The third-order valence-electron chi connectivity index (χ3n) is 4.01. The normalized spacial score (nSPS) is 13.8. The van der Waals surface area contributed by atoms with Gasteiger partial charge in [-0.2, -0.15) is 0 Å². The Bertz CT molecular complexity index is 657. The number of anilines is 1. The molecule has 1 N–H and O–H groups in total. The number of carbonyl (C=O) groups is 1. The third kappa shape index (κ3) is 3.49. The number of amides is 1. The van der Waals surface area contributed by atoms with Gasteiger partial charge < -0.3 is 10.2 Å². The maximum Gasteiger partial charge on any atom is 0.231 e. The van der Waals surface area contributed by atoms with Crippen molar-refractivity contribution < 1.29 is 4.79 Å². The van der Waals surface area contributed by atoms with Crippen molar-refractivity contribution in [1.29, 1.82) is 0 Å². The van der Waals surface area contributed by atoms with Crippen LogP contribution in [0.2, 0.25) is 0 Å². The first kappa shape index (κ1) is 16.5. The number of benzene rings is 2. The molecule has 1 aliphatic heterocycles. The Morgan fingerprint density at radius 1 is 1.14 bits per heavy atom. The van der Waals surface area contributed by atoms with Crippen LogP contribution in [-0.4, -0.2) is 19.0 Å². The van der Waals surface area contributed by atoms with Crippen molar-refractivity contribution in [2.45, 2.75) is 19.9 Å². The number of hydrogen-bond acceptors (Lipinski definition) is 2. The molecule has 0 aliphatic carbocycles. The summed E-state index contributed by atoms with van der Waals surface area (Å²) in [5.41, 5.74) is 4.51. The highest BCUT2D eigenvalue weighted by molar-refractivity contribution is 5.95. The van der Waals surface area contributed by atoms with Gasteiger partial charge in [-0.25, -0.2) is 0 Å². The molecule has 0 aromatic heterocycles. The summed E-state index contributed by atoms with van der Waals surface area (Å²) in [5, 5.41) is 3.37. The van der Waals surface area contributed by atoms with Gasteiger partial charge in [-0.15, -0.1) is 12.4 Å². The Hall–Kier alpha value is -1.84. The second kappa shape index (κ2) is 7.43. The minimum atomic E-state index is 0. The molecule has 0 atom stereocenters. The highest BCUT2D eigenvalue weighted by atomic mass is 35.5. The summed E-state index contributed by atoms with van der Waals surface area (Å²) in [6.45, 7) is 4.43. The van der Waals surface area contributed by atoms with E-state index in [4.69, 9.17) is 0 Å². The van der Waals surface area contributed by atoms with Gasteiger partial charge >= 0.3 is 0 Å². The molecule has 0 fully saturated rings. The minimum Gasteiger partial charge on any atom is -0.311 e. The Morgan fingerprint density at radius 2 is 1.86 bits per heavy atom. The monoisotopic (exact) mass is 316 g/mol. The lowest BCUT2D eigenvalue weighted by Crippen LogP contribution is -2.35. The van der Waals surface area contributed by atoms with Gasteiger partial charge in [-0.3, -0.25) is 4.79 Å². The van der Waals surface area contributed by atoms with Crippen molar-refractivity contribution in [2.75, 3.05) is 18.0 Å². The zero-order valence-corrected chi connectivity index (χ0v) is 13.5. The van der Waals surface area contributed by atoms with E-state index in [9.17, 15) is 4.79 Å². The summed E-state index contributed by atoms with van der Waals surface area (Å²) in [6.07, 6.45) is 0.459. The first-order valence-corrected chi connectivity index (χ1v) is 7.39. The standard InChI is InChI=1S/C18H20N2O.ClH/c1-14-6-2-3-7-15(14)12-18(21)20-11-10-19-13-16-8-4-5-9-17(16)20;/h2-9,19H,10-13H2,1H3;1H. The third-order valence-corrected chi connectivity index (χ3v) is 4.01. The maximum absolute atomic E-state index is 12.7. The quantitative estimate of drug-likeness (QED) is 0.923. The number of carbonyl (C=O) groups excluding carboxylic acids is 1. The average Bonchev–Trinajstić information content (AvgIpc) is 2.72. The van der Waals surface area contributed by atoms with Crippen molar-refractivity contribution in [1.82, 2.24) is 5.32 Å². The fourth-order valence-electron chi connectivity index (χ4n) is 2.78. The molecular formula is C18H21ClN2O. The predicted octanol–water partition coefficient (Wildman–Crippen LogP) is 3.10. The largest absolute Gasteiger partial charge is 0.311 e. The van der Waals surface area contributed by atoms with E-state index in [1.165, 1.54) is 11.1 Å². The van der Waals surface area contributed by atoms with Crippen LogP contribution in [0.15, 0.2) is 48.5 Å². The van der Waals surface area contributed by atoms with Crippen molar-refractivity contribution in [3.05, 3.63) is 65.2 Å². The molecule has 1 amide bonds. The summed E-state index contributed by atoms with van der Waals surface area (Å²) in [6, 6.07) is 16.2. The van der Waals surface area contributed by atoms with E-state index >= 15 is 0 Å². The van der Waals surface area contributed by atoms with Crippen molar-refractivity contribution in [3.63, 3.8) is 0 Å². The van der Waals surface area contributed by atoms with Gasteiger partial charge in [0.15, 0.2) is 0 Å². The summed E-state index contributed by atoms with van der Waals surface area (Å²) < 4.78 is 0. The van der Waals surface area contributed by atoms with Gasteiger partial charge in [0.05, 0.1) is 6.42 Å². The van der Waals surface area contributed by atoms with Gasteiger partial charge in [0, 0.05) is 25.3 Å². The van der Waals surface area contributed by atoms with Crippen LogP contribution in [-0.2, 0) is 17.8 Å². The van der Waals surface area contributed by atoms with Gasteiger partial charge in [0.2, 0.25) is 5.91 Å². The molecule has 3 rings (SSSR count). The van der Waals surface area contributed by atoms with Crippen LogP contribution in [0.1, 0.15) is 16.7 Å². The van der Waals surface area contributed by atoms with Crippen molar-refractivity contribution in [2.24, 2.45) is 0 Å². The van der Waals surface area contributed by atoms with Crippen LogP contribution in [0.25, 0.3) is 0 Å². The fourth-order valence-corrected chi connectivity index (χ4v) is 2.78. The molecule has 2 aromatic carbocycles. The first-order valence-electron chi connectivity index (χ1n) is 7.39. The van der Waals surface area contributed by atoms with E-state index in [-0.39, 0.29) is 18.3 Å². The first-order chi connectivity index (χ1) is 10.3. The number of aryl methyl sites for hydroxylation is 1. The number of nitrogens with zero attached hydrogens (tertiary/aromatic N) is 1. The van der Waals surface area contributed by atoms with Gasteiger partial charge in [-0.05, 0) is 29.7 Å². The van der Waals surface area contributed by atoms with E-state index < -0.39 is 0 Å². The molecular weight excluding hydrogens is 296 g/mol. The molecule has 1 heterocycles. The Kier molecular flexibility index (Phi) is 5.58. The molecule has 0 radical (unpaired) electrons. The highest BCUT2D eigenvalue weighted by Crippen LogP contribution is 2.23. The number of para-hydroxylation sites is 1. The molecule has 0 spiro atoms. The van der Waals surface area contributed by atoms with Crippen LogP contribution in [0.5, 0.6) is 0 Å².